The van der Waals surface area contributed by atoms with Gasteiger partial charge in [0.1, 0.15) is 0 Å². The summed E-state index contributed by atoms with van der Waals surface area (Å²) in [5.41, 5.74) is 8.42. The van der Waals surface area contributed by atoms with E-state index in [9.17, 15) is 0 Å². The molecule has 0 radical (unpaired) electrons. The molecule has 0 aromatic heterocycles. The van der Waals surface area contributed by atoms with Crippen LogP contribution in [0.5, 0.6) is 0 Å². The molecule has 17 heavy (non-hydrogen) atoms. The highest BCUT2D eigenvalue weighted by Crippen LogP contribution is 2.21. The van der Waals surface area contributed by atoms with Crippen LogP contribution in [0.15, 0.2) is 60.7 Å². The Hall–Kier alpha value is -1.86. The second-order valence-corrected chi connectivity index (χ2v) is 4.36. The van der Waals surface area contributed by atoms with Crippen LogP contribution in [0.1, 0.15) is 0 Å². The molecular formula is C16H15N. The van der Waals surface area contributed by atoms with Crippen molar-refractivity contribution in [2.24, 2.45) is 11.7 Å². The summed E-state index contributed by atoms with van der Waals surface area (Å²) >= 11 is 0. The highest BCUT2D eigenvalue weighted by molar-refractivity contribution is 5.71. The molecule has 2 N–H and O–H groups in total. The van der Waals surface area contributed by atoms with Crippen LogP contribution in [0.25, 0.3) is 11.1 Å². The molecule has 1 atom stereocenters. The summed E-state index contributed by atoms with van der Waals surface area (Å²) in [6, 6.07) is 8.51. The predicted molar refractivity (Wildman–Crippen MR) is 72.5 cm³/mol. The van der Waals surface area contributed by atoms with Crippen LogP contribution in [0, 0.1) is 5.92 Å². The minimum atomic E-state index is 0.380. The zero-order valence-electron chi connectivity index (χ0n) is 9.64. The van der Waals surface area contributed by atoms with E-state index in [0.717, 1.165) is 0 Å². The van der Waals surface area contributed by atoms with E-state index in [4.69, 9.17) is 5.73 Å². The van der Waals surface area contributed by atoms with Crippen LogP contribution >= 0.6 is 0 Å². The molecule has 0 saturated carbocycles. The van der Waals surface area contributed by atoms with Gasteiger partial charge in [-0.15, -0.1) is 0 Å². The van der Waals surface area contributed by atoms with Crippen LogP contribution < -0.4 is 16.2 Å². The molecule has 0 bridgehead atoms. The maximum absolute atomic E-state index is 5.84. The van der Waals surface area contributed by atoms with E-state index < -0.39 is 0 Å². The Bertz CT molecular complexity index is 644. The summed E-state index contributed by atoms with van der Waals surface area (Å²) in [6.07, 6.45) is 13.0. The summed E-state index contributed by atoms with van der Waals surface area (Å²) in [6.45, 7) is 0.584. The maximum atomic E-state index is 5.84. The second kappa shape index (κ2) is 4.19. The summed E-state index contributed by atoms with van der Waals surface area (Å²) < 4.78 is 0. The Balaban J connectivity index is 2.44. The molecule has 84 valence electrons. The molecule has 1 unspecified atom stereocenters. The van der Waals surface area contributed by atoms with Crippen molar-refractivity contribution in [2.75, 3.05) is 6.54 Å². The maximum Gasteiger partial charge on any atom is 0.0211 e. The largest absolute Gasteiger partial charge is 0.326 e. The van der Waals surface area contributed by atoms with Gasteiger partial charge in [0, 0.05) is 12.5 Å². The zero-order chi connectivity index (χ0) is 11.7. The smallest absolute Gasteiger partial charge is 0.0211 e. The first kappa shape index (κ1) is 10.3. The highest BCUT2D eigenvalue weighted by atomic mass is 14.5. The van der Waals surface area contributed by atoms with Gasteiger partial charge in [-0.2, -0.15) is 0 Å². The quantitative estimate of drug-likeness (QED) is 0.759. The van der Waals surface area contributed by atoms with E-state index in [-0.39, 0.29) is 0 Å². The normalized spacial score (nSPS) is 21.1. The first-order chi connectivity index (χ1) is 8.40. The van der Waals surface area contributed by atoms with Crippen molar-refractivity contribution < 1.29 is 0 Å². The van der Waals surface area contributed by atoms with Crippen LogP contribution in [0.3, 0.4) is 0 Å². The number of allylic oxidation sites excluding steroid dienone is 5. The van der Waals surface area contributed by atoms with Gasteiger partial charge in [0.2, 0.25) is 0 Å². The van der Waals surface area contributed by atoms with Crippen molar-refractivity contribution in [1.29, 1.82) is 0 Å². The van der Waals surface area contributed by atoms with E-state index in [0.29, 0.717) is 12.5 Å². The fourth-order valence-corrected chi connectivity index (χ4v) is 2.50. The summed E-state index contributed by atoms with van der Waals surface area (Å²) in [4.78, 5) is 0. The third-order valence-electron chi connectivity index (χ3n) is 3.37. The second-order valence-electron chi connectivity index (χ2n) is 4.36. The molecule has 0 saturated heterocycles. The standard InChI is InChI=1S/C16H15N/c17-11-13-10-9-12-5-1-2-6-14(12)16-8-4-3-7-15(13)16/h1-10,12H,11,17H2. The SMILES string of the molecule is NCC1=c2ccccc2=C2C=CC=CC2C=C1. The van der Waals surface area contributed by atoms with Gasteiger partial charge >= 0.3 is 0 Å². The number of fused-ring (bicyclic) bond motifs is 2. The molecule has 1 aromatic rings. The minimum absolute atomic E-state index is 0.380. The molecule has 0 heterocycles. The van der Waals surface area contributed by atoms with Crippen molar-refractivity contribution in [3.8, 4) is 0 Å². The van der Waals surface area contributed by atoms with Gasteiger partial charge in [0.25, 0.3) is 0 Å². The molecule has 0 amide bonds. The summed E-state index contributed by atoms with van der Waals surface area (Å²) in [5, 5.41) is 2.58. The lowest BCUT2D eigenvalue weighted by Gasteiger charge is -2.11. The average Bonchev–Trinajstić information content (AvgIpc) is 2.56. The van der Waals surface area contributed by atoms with Gasteiger partial charge < -0.3 is 5.73 Å². The van der Waals surface area contributed by atoms with E-state index in [1.54, 1.807) is 0 Å². The Morgan fingerprint density at radius 3 is 2.59 bits per heavy atom. The molecule has 1 aromatic carbocycles. The molecule has 1 nitrogen and oxygen atoms in total. The average molecular weight is 221 g/mol. The molecule has 3 rings (SSSR count). The van der Waals surface area contributed by atoms with E-state index >= 15 is 0 Å². The van der Waals surface area contributed by atoms with Crippen LogP contribution in [0.2, 0.25) is 0 Å². The monoisotopic (exact) mass is 221 g/mol. The topological polar surface area (TPSA) is 26.0 Å². The fourth-order valence-electron chi connectivity index (χ4n) is 2.50. The number of benzene rings is 1. The number of nitrogens with two attached hydrogens (primary N) is 1. The summed E-state index contributed by atoms with van der Waals surface area (Å²) in [7, 11) is 0. The zero-order valence-corrected chi connectivity index (χ0v) is 9.64. The van der Waals surface area contributed by atoms with Crippen molar-refractivity contribution in [3.05, 3.63) is 71.2 Å². The number of hydrogen-bond acceptors (Lipinski definition) is 1. The molecule has 0 spiro atoms. The van der Waals surface area contributed by atoms with E-state index in [1.807, 2.05) is 0 Å². The van der Waals surface area contributed by atoms with Gasteiger partial charge in [-0.25, -0.2) is 0 Å². The van der Waals surface area contributed by atoms with Gasteiger partial charge in [-0.05, 0) is 21.6 Å². The van der Waals surface area contributed by atoms with E-state index in [1.165, 1.54) is 21.6 Å². The predicted octanol–water partition coefficient (Wildman–Crippen LogP) is 1.26. The third kappa shape index (κ3) is 1.69. The van der Waals surface area contributed by atoms with Gasteiger partial charge in [0.05, 0.1) is 0 Å². The lowest BCUT2D eigenvalue weighted by atomic mass is 9.93. The van der Waals surface area contributed by atoms with E-state index in [2.05, 4.69) is 60.7 Å². The molecule has 2 aliphatic rings. The fraction of sp³-hybridized carbons (Fsp3) is 0.125. The lowest BCUT2D eigenvalue weighted by molar-refractivity contribution is 1.08. The van der Waals surface area contributed by atoms with Crippen molar-refractivity contribution in [1.82, 2.24) is 0 Å². The Kier molecular flexibility index (Phi) is 2.54. The van der Waals surface area contributed by atoms with Gasteiger partial charge in [-0.3, -0.25) is 0 Å². The van der Waals surface area contributed by atoms with Crippen LogP contribution in [-0.2, 0) is 0 Å². The molecule has 1 heteroatoms. The van der Waals surface area contributed by atoms with Crippen molar-refractivity contribution in [3.63, 3.8) is 0 Å². The molecule has 0 fully saturated rings. The molecule has 2 aliphatic carbocycles. The number of hydrogen-bond donors (Lipinski definition) is 1. The van der Waals surface area contributed by atoms with Crippen molar-refractivity contribution in [2.45, 2.75) is 0 Å². The Labute approximate surface area is 101 Å². The lowest BCUT2D eigenvalue weighted by Crippen LogP contribution is -2.30. The minimum Gasteiger partial charge on any atom is -0.326 e. The Morgan fingerprint density at radius 2 is 1.76 bits per heavy atom. The Morgan fingerprint density at radius 1 is 0.941 bits per heavy atom. The molecule has 0 aliphatic heterocycles. The van der Waals surface area contributed by atoms with Crippen LogP contribution in [-0.4, -0.2) is 6.54 Å². The summed E-state index contributed by atoms with van der Waals surface area (Å²) in [5.74, 6) is 0.380. The first-order valence-electron chi connectivity index (χ1n) is 5.96. The van der Waals surface area contributed by atoms with Gasteiger partial charge in [-0.1, -0.05) is 60.7 Å². The highest BCUT2D eigenvalue weighted by Gasteiger charge is 2.12. The number of rotatable bonds is 1. The van der Waals surface area contributed by atoms with Gasteiger partial charge in [0.15, 0.2) is 0 Å². The molecular weight excluding hydrogens is 206 g/mol. The first-order valence-corrected chi connectivity index (χ1v) is 5.96. The third-order valence-corrected chi connectivity index (χ3v) is 3.37. The van der Waals surface area contributed by atoms with Crippen LogP contribution in [0.4, 0.5) is 0 Å². The van der Waals surface area contributed by atoms with Crippen molar-refractivity contribution >= 4 is 11.1 Å².